The highest BCUT2D eigenvalue weighted by atomic mass is 15.2. The quantitative estimate of drug-likeness (QED) is 0.831. The lowest BCUT2D eigenvalue weighted by Crippen LogP contribution is -2.53. The van der Waals surface area contributed by atoms with Crippen LogP contribution in [0.5, 0.6) is 0 Å². The Morgan fingerprint density at radius 3 is 2.22 bits per heavy atom. The van der Waals surface area contributed by atoms with Crippen molar-refractivity contribution in [3.63, 3.8) is 0 Å². The van der Waals surface area contributed by atoms with Gasteiger partial charge in [-0.15, -0.1) is 0 Å². The van der Waals surface area contributed by atoms with Crippen LogP contribution in [0.3, 0.4) is 0 Å². The minimum absolute atomic E-state index is 0.332. The molecule has 0 radical (unpaired) electrons. The summed E-state index contributed by atoms with van der Waals surface area (Å²) in [5.74, 6) is 0.751. The lowest BCUT2D eigenvalue weighted by atomic mass is 9.86. The third-order valence-electron chi connectivity index (χ3n) is 5.20. The molecule has 2 saturated carbocycles. The van der Waals surface area contributed by atoms with Crippen molar-refractivity contribution in [2.45, 2.75) is 84.3 Å². The molecule has 0 aliphatic heterocycles. The maximum Gasteiger partial charge on any atom is 0.0255 e. The molecule has 0 aromatic heterocycles. The van der Waals surface area contributed by atoms with Crippen molar-refractivity contribution in [2.24, 2.45) is 17.1 Å². The molecule has 0 bridgehead atoms. The second kappa shape index (κ2) is 5.50. The van der Waals surface area contributed by atoms with Gasteiger partial charge < -0.3 is 5.73 Å². The van der Waals surface area contributed by atoms with E-state index in [9.17, 15) is 0 Å². The van der Waals surface area contributed by atoms with Gasteiger partial charge in [0.2, 0.25) is 0 Å². The second-order valence-corrected chi connectivity index (χ2v) is 7.65. The van der Waals surface area contributed by atoms with Crippen molar-refractivity contribution in [3.8, 4) is 0 Å². The van der Waals surface area contributed by atoms with E-state index in [0.29, 0.717) is 17.5 Å². The van der Waals surface area contributed by atoms with E-state index < -0.39 is 0 Å². The zero-order valence-corrected chi connectivity index (χ0v) is 12.8. The molecule has 0 saturated heterocycles. The average Bonchev–Trinajstić information content (AvgIpc) is 2.87. The Labute approximate surface area is 113 Å². The molecule has 2 N–H and O–H groups in total. The zero-order chi connectivity index (χ0) is 13.3. The van der Waals surface area contributed by atoms with Gasteiger partial charge in [0.25, 0.3) is 0 Å². The van der Waals surface area contributed by atoms with Crippen molar-refractivity contribution in [1.29, 1.82) is 0 Å². The fourth-order valence-electron chi connectivity index (χ4n) is 3.97. The van der Waals surface area contributed by atoms with Crippen molar-refractivity contribution >= 4 is 0 Å². The molecule has 18 heavy (non-hydrogen) atoms. The van der Waals surface area contributed by atoms with Crippen LogP contribution in [0.4, 0.5) is 0 Å². The van der Waals surface area contributed by atoms with Gasteiger partial charge in [0.05, 0.1) is 0 Å². The van der Waals surface area contributed by atoms with E-state index in [0.717, 1.165) is 12.0 Å². The first kappa shape index (κ1) is 14.3. The number of hydrogen-bond donors (Lipinski definition) is 1. The summed E-state index contributed by atoms with van der Waals surface area (Å²) in [7, 11) is 0. The van der Waals surface area contributed by atoms with E-state index in [1.54, 1.807) is 0 Å². The van der Waals surface area contributed by atoms with Crippen LogP contribution in [0.15, 0.2) is 0 Å². The Bertz CT molecular complexity index is 266. The normalized spacial score (nSPS) is 32.8. The maximum atomic E-state index is 6.56. The Balaban J connectivity index is 2.08. The molecule has 2 atom stereocenters. The Hall–Kier alpha value is -0.0800. The summed E-state index contributed by atoms with van der Waals surface area (Å²) < 4.78 is 0. The van der Waals surface area contributed by atoms with Crippen LogP contribution in [0.1, 0.15) is 66.2 Å². The van der Waals surface area contributed by atoms with Gasteiger partial charge in [0, 0.05) is 24.7 Å². The molecular weight excluding hydrogens is 220 g/mol. The molecule has 2 rings (SSSR count). The minimum atomic E-state index is 0.332. The number of nitrogens with zero attached hydrogens (tertiary/aromatic N) is 1. The Morgan fingerprint density at radius 2 is 1.78 bits per heavy atom. The van der Waals surface area contributed by atoms with E-state index in [1.807, 2.05) is 0 Å². The van der Waals surface area contributed by atoms with Gasteiger partial charge in [-0.3, -0.25) is 4.90 Å². The van der Waals surface area contributed by atoms with Gasteiger partial charge in [-0.2, -0.15) is 0 Å². The van der Waals surface area contributed by atoms with Crippen LogP contribution in [0, 0.1) is 11.3 Å². The van der Waals surface area contributed by atoms with Crippen LogP contribution in [0.25, 0.3) is 0 Å². The summed E-state index contributed by atoms with van der Waals surface area (Å²) in [5, 5.41) is 0. The largest absolute Gasteiger partial charge is 0.326 e. The first-order valence-electron chi connectivity index (χ1n) is 7.93. The molecule has 2 unspecified atom stereocenters. The van der Waals surface area contributed by atoms with Gasteiger partial charge in [-0.1, -0.05) is 40.5 Å². The number of nitrogens with two attached hydrogens (primary N) is 1. The predicted octanol–water partition coefficient (Wildman–Crippen LogP) is 3.40. The summed E-state index contributed by atoms with van der Waals surface area (Å²) in [6, 6.07) is 1.81. The molecule has 2 aliphatic rings. The first-order valence-corrected chi connectivity index (χ1v) is 7.93. The van der Waals surface area contributed by atoms with Gasteiger partial charge in [0.1, 0.15) is 0 Å². The topological polar surface area (TPSA) is 29.3 Å². The number of hydrogen-bond acceptors (Lipinski definition) is 2. The molecule has 2 aliphatic carbocycles. The molecule has 0 spiro atoms. The summed E-state index contributed by atoms with van der Waals surface area (Å²) >= 11 is 0. The highest BCUT2D eigenvalue weighted by Gasteiger charge is 2.44. The van der Waals surface area contributed by atoms with Crippen molar-refractivity contribution in [2.75, 3.05) is 6.54 Å². The summed E-state index contributed by atoms with van der Waals surface area (Å²) in [6.07, 6.45) is 8.24. The molecule has 0 heterocycles. The van der Waals surface area contributed by atoms with Crippen LogP contribution in [-0.4, -0.2) is 29.6 Å². The van der Waals surface area contributed by atoms with E-state index in [4.69, 9.17) is 5.73 Å². The van der Waals surface area contributed by atoms with Crippen molar-refractivity contribution in [3.05, 3.63) is 0 Å². The van der Waals surface area contributed by atoms with E-state index >= 15 is 0 Å². The third-order valence-corrected chi connectivity index (χ3v) is 5.20. The molecule has 0 aromatic rings. The first-order chi connectivity index (χ1) is 8.42. The van der Waals surface area contributed by atoms with E-state index in [2.05, 4.69) is 32.6 Å². The fraction of sp³-hybridized carbons (Fsp3) is 1.00. The van der Waals surface area contributed by atoms with Gasteiger partial charge in [0.15, 0.2) is 0 Å². The highest BCUT2D eigenvalue weighted by Crippen LogP contribution is 2.41. The van der Waals surface area contributed by atoms with Crippen LogP contribution >= 0.6 is 0 Å². The van der Waals surface area contributed by atoms with Gasteiger partial charge in [-0.05, 0) is 37.0 Å². The second-order valence-electron chi connectivity index (χ2n) is 7.65. The minimum Gasteiger partial charge on any atom is -0.326 e. The third kappa shape index (κ3) is 2.91. The fourth-order valence-corrected chi connectivity index (χ4v) is 3.97. The van der Waals surface area contributed by atoms with Crippen molar-refractivity contribution in [1.82, 2.24) is 4.90 Å². The SMILES string of the molecule is CC(C)CN(C1CCCC1)C1CCC(C)(C)C1N. The Morgan fingerprint density at radius 1 is 1.17 bits per heavy atom. The molecule has 2 fully saturated rings. The molecule has 106 valence electrons. The molecule has 0 amide bonds. The average molecular weight is 252 g/mol. The van der Waals surface area contributed by atoms with Gasteiger partial charge in [-0.25, -0.2) is 0 Å². The van der Waals surface area contributed by atoms with E-state index in [-0.39, 0.29) is 0 Å². The predicted molar refractivity (Wildman–Crippen MR) is 78.6 cm³/mol. The smallest absolute Gasteiger partial charge is 0.0255 e. The summed E-state index contributed by atoms with van der Waals surface area (Å²) in [4.78, 5) is 2.79. The lowest BCUT2D eigenvalue weighted by Gasteiger charge is -2.40. The van der Waals surface area contributed by atoms with Crippen molar-refractivity contribution < 1.29 is 0 Å². The van der Waals surface area contributed by atoms with Crippen LogP contribution in [0.2, 0.25) is 0 Å². The lowest BCUT2D eigenvalue weighted by molar-refractivity contribution is 0.0997. The molecular formula is C16H32N2. The van der Waals surface area contributed by atoms with E-state index in [1.165, 1.54) is 45.1 Å². The maximum absolute atomic E-state index is 6.56. The highest BCUT2D eigenvalue weighted by molar-refractivity contribution is 5.01. The summed E-state index contributed by atoms with van der Waals surface area (Å²) in [6.45, 7) is 10.6. The number of rotatable bonds is 4. The molecule has 2 nitrogen and oxygen atoms in total. The van der Waals surface area contributed by atoms with Crippen LogP contribution < -0.4 is 5.73 Å². The van der Waals surface area contributed by atoms with Gasteiger partial charge >= 0.3 is 0 Å². The van der Waals surface area contributed by atoms with Crippen LogP contribution in [-0.2, 0) is 0 Å². The summed E-state index contributed by atoms with van der Waals surface area (Å²) in [5.41, 5.74) is 6.89. The Kier molecular flexibility index (Phi) is 4.38. The molecule has 2 heteroatoms. The monoisotopic (exact) mass is 252 g/mol. The molecule has 0 aromatic carbocycles. The standard InChI is InChI=1S/C16H32N2/c1-12(2)11-18(13-7-5-6-8-13)14-9-10-16(3,4)15(14)17/h12-15H,5-11,17H2,1-4H3. The zero-order valence-electron chi connectivity index (χ0n) is 12.8.